The Balaban J connectivity index is 0.00000288. The summed E-state index contributed by atoms with van der Waals surface area (Å²) in [5, 5.41) is 19.1. The molecule has 0 atom stereocenters. The molecular formula is C17H21NaO6. The van der Waals surface area contributed by atoms with Crippen LogP contribution in [0.3, 0.4) is 0 Å². The number of hydrogen-bond donors (Lipinski definition) is 2. The Morgan fingerprint density at radius 3 is 2.62 bits per heavy atom. The third-order valence-electron chi connectivity index (χ3n) is 4.04. The SMILES string of the molecule is COc1c(C)c2c(c(O)c1CC=C(C)CCC(=O)O)C(=O)OC2.[NaH]. The summed E-state index contributed by atoms with van der Waals surface area (Å²) in [6, 6.07) is 0. The zero-order valence-electron chi connectivity index (χ0n) is 13.4. The molecule has 0 saturated carbocycles. The van der Waals surface area contributed by atoms with E-state index in [1.165, 1.54) is 7.11 Å². The molecule has 0 aliphatic carbocycles. The second-order valence-corrected chi connectivity index (χ2v) is 5.56. The van der Waals surface area contributed by atoms with E-state index in [-0.39, 0.29) is 53.9 Å². The molecule has 6 nitrogen and oxygen atoms in total. The number of allylic oxidation sites excluding steroid dienone is 2. The molecule has 0 bridgehead atoms. The molecule has 0 spiro atoms. The summed E-state index contributed by atoms with van der Waals surface area (Å²) in [5.74, 6) is -0.973. The summed E-state index contributed by atoms with van der Waals surface area (Å²) in [4.78, 5) is 22.4. The number of ether oxygens (including phenoxy) is 2. The normalized spacial score (nSPS) is 13.1. The van der Waals surface area contributed by atoms with E-state index in [1.54, 1.807) is 0 Å². The van der Waals surface area contributed by atoms with Crippen LogP contribution in [0.15, 0.2) is 11.6 Å². The van der Waals surface area contributed by atoms with Crippen molar-refractivity contribution < 1.29 is 29.3 Å². The minimum absolute atomic E-state index is 0. The number of benzene rings is 1. The molecule has 0 unspecified atom stereocenters. The van der Waals surface area contributed by atoms with Crippen molar-refractivity contribution >= 4 is 41.5 Å². The predicted octanol–water partition coefficient (Wildman–Crippen LogP) is 2.08. The first-order chi connectivity index (χ1) is 10.9. The number of carboxylic acid groups (broad SMARTS) is 1. The zero-order valence-corrected chi connectivity index (χ0v) is 13.4. The Morgan fingerprint density at radius 1 is 1.38 bits per heavy atom. The summed E-state index contributed by atoms with van der Waals surface area (Å²) in [7, 11) is 1.51. The average molecular weight is 344 g/mol. The van der Waals surface area contributed by atoms with Crippen LogP contribution in [0.1, 0.15) is 46.8 Å². The van der Waals surface area contributed by atoms with Gasteiger partial charge < -0.3 is 19.7 Å². The summed E-state index contributed by atoms with van der Waals surface area (Å²) in [5.41, 5.74) is 3.04. The molecular weight excluding hydrogens is 323 g/mol. The number of phenolic OH excluding ortho intramolecular Hbond substituents is 1. The van der Waals surface area contributed by atoms with Gasteiger partial charge in [-0.15, -0.1) is 0 Å². The van der Waals surface area contributed by atoms with Crippen LogP contribution in [0.5, 0.6) is 11.5 Å². The number of carbonyl (C=O) groups excluding carboxylic acids is 1. The molecule has 0 aromatic heterocycles. The molecule has 1 aromatic carbocycles. The number of hydrogen-bond acceptors (Lipinski definition) is 5. The maximum atomic E-state index is 11.8. The second-order valence-electron chi connectivity index (χ2n) is 5.56. The zero-order chi connectivity index (χ0) is 17.1. The molecule has 0 fully saturated rings. The fourth-order valence-corrected chi connectivity index (χ4v) is 2.71. The molecule has 1 aliphatic heterocycles. The van der Waals surface area contributed by atoms with E-state index in [0.29, 0.717) is 29.7 Å². The third kappa shape index (κ3) is 4.12. The maximum absolute atomic E-state index is 11.8. The molecule has 1 aliphatic rings. The number of rotatable bonds is 6. The standard InChI is InChI=1S/C17H20O6.Na.H/c1-9(5-7-13(18)19)4-6-11-15(20)14-12(8-23-17(14)21)10(2)16(11)22-3;;/h4,20H,5-8H2,1-3H3,(H,18,19);;. The Morgan fingerprint density at radius 2 is 2.04 bits per heavy atom. The van der Waals surface area contributed by atoms with Gasteiger partial charge in [0.2, 0.25) is 0 Å². The predicted molar refractivity (Wildman–Crippen MR) is 90.0 cm³/mol. The van der Waals surface area contributed by atoms with Crippen LogP contribution in [0.4, 0.5) is 0 Å². The van der Waals surface area contributed by atoms with Gasteiger partial charge in [0.15, 0.2) is 0 Å². The van der Waals surface area contributed by atoms with Crippen LogP contribution < -0.4 is 4.74 Å². The Labute approximate surface area is 162 Å². The molecule has 1 heterocycles. The van der Waals surface area contributed by atoms with E-state index in [4.69, 9.17) is 14.6 Å². The van der Waals surface area contributed by atoms with Gasteiger partial charge in [-0.1, -0.05) is 11.6 Å². The number of aromatic hydroxyl groups is 1. The third-order valence-corrected chi connectivity index (χ3v) is 4.04. The number of carbonyl (C=O) groups is 2. The van der Waals surface area contributed by atoms with Crippen molar-refractivity contribution in [2.45, 2.75) is 39.7 Å². The van der Waals surface area contributed by atoms with Crippen molar-refractivity contribution in [3.8, 4) is 11.5 Å². The monoisotopic (exact) mass is 344 g/mol. The Hall–Kier alpha value is -1.50. The van der Waals surface area contributed by atoms with Crippen LogP contribution in [-0.2, 0) is 22.6 Å². The van der Waals surface area contributed by atoms with Gasteiger partial charge in [0.25, 0.3) is 0 Å². The van der Waals surface area contributed by atoms with E-state index >= 15 is 0 Å². The molecule has 2 rings (SSSR count). The number of cyclic esters (lactones) is 1. The summed E-state index contributed by atoms with van der Waals surface area (Å²) < 4.78 is 10.4. The second kappa shape index (κ2) is 8.55. The molecule has 24 heavy (non-hydrogen) atoms. The van der Waals surface area contributed by atoms with E-state index in [2.05, 4.69) is 0 Å². The van der Waals surface area contributed by atoms with Crippen LogP contribution in [0.2, 0.25) is 0 Å². The number of aliphatic carboxylic acids is 1. The quantitative estimate of drug-likeness (QED) is 0.466. The molecule has 0 saturated heterocycles. The number of fused-ring (bicyclic) bond motifs is 1. The van der Waals surface area contributed by atoms with Gasteiger partial charge in [0.1, 0.15) is 23.7 Å². The molecule has 2 N–H and O–H groups in total. The first kappa shape index (κ1) is 20.5. The summed E-state index contributed by atoms with van der Waals surface area (Å²) in [6.07, 6.45) is 2.68. The van der Waals surface area contributed by atoms with Gasteiger partial charge in [0, 0.05) is 17.5 Å². The molecule has 0 amide bonds. The van der Waals surface area contributed by atoms with E-state index < -0.39 is 11.9 Å². The van der Waals surface area contributed by atoms with Crippen molar-refractivity contribution in [2.75, 3.05) is 7.11 Å². The van der Waals surface area contributed by atoms with E-state index in [9.17, 15) is 14.7 Å². The Bertz CT molecular complexity index is 693. The summed E-state index contributed by atoms with van der Waals surface area (Å²) in [6.45, 7) is 3.79. The van der Waals surface area contributed by atoms with Crippen molar-refractivity contribution in [1.29, 1.82) is 0 Å². The van der Waals surface area contributed by atoms with Crippen LogP contribution in [0, 0.1) is 6.92 Å². The first-order valence-corrected chi connectivity index (χ1v) is 7.32. The van der Waals surface area contributed by atoms with Gasteiger partial charge in [0.05, 0.1) is 7.11 Å². The van der Waals surface area contributed by atoms with Gasteiger partial charge in [-0.2, -0.15) is 0 Å². The van der Waals surface area contributed by atoms with Crippen LogP contribution in [0.25, 0.3) is 0 Å². The number of esters is 1. The van der Waals surface area contributed by atoms with Crippen molar-refractivity contribution in [1.82, 2.24) is 0 Å². The van der Waals surface area contributed by atoms with Gasteiger partial charge in [-0.05, 0) is 32.3 Å². The molecule has 126 valence electrons. The van der Waals surface area contributed by atoms with Gasteiger partial charge in [-0.25, -0.2) is 4.79 Å². The number of carboxylic acids is 1. The Kier molecular flexibility index (Phi) is 7.32. The number of phenols is 1. The van der Waals surface area contributed by atoms with Crippen molar-refractivity contribution in [3.63, 3.8) is 0 Å². The van der Waals surface area contributed by atoms with Crippen molar-refractivity contribution in [2.24, 2.45) is 0 Å². The van der Waals surface area contributed by atoms with Crippen molar-refractivity contribution in [3.05, 3.63) is 33.9 Å². The fraction of sp³-hybridized carbons (Fsp3) is 0.412. The molecule has 7 heteroatoms. The van der Waals surface area contributed by atoms with E-state index in [1.807, 2.05) is 19.9 Å². The van der Waals surface area contributed by atoms with Gasteiger partial charge in [-0.3, -0.25) is 4.79 Å². The van der Waals surface area contributed by atoms with E-state index in [0.717, 1.165) is 11.1 Å². The van der Waals surface area contributed by atoms with Crippen LogP contribution >= 0.6 is 0 Å². The number of methoxy groups -OCH3 is 1. The average Bonchev–Trinajstić information content (AvgIpc) is 2.89. The topological polar surface area (TPSA) is 93.1 Å². The van der Waals surface area contributed by atoms with Crippen LogP contribution in [-0.4, -0.2) is 58.8 Å². The minimum atomic E-state index is -0.853. The fourth-order valence-electron chi connectivity index (χ4n) is 2.71. The van der Waals surface area contributed by atoms with Gasteiger partial charge >= 0.3 is 41.5 Å². The molecule has 0 radical (unpaired) electrons. The summed E-state index contributed by atoms with van der Waals surface area (Å²) >= 11 is 0. The first-order valence-electron chi connectivity index (χ1n) is 7.32. The molecule has 1 aromatic rings.